The van der Waals surface area contributed by atoms with E-state index in [2.05, 4.69) is 20.6 Å². The van der Waals surface area contributed by atoms with Gasteiger partial charge in [0.2, 0.25) is 5.88 Å². The van der Waals surface area contributed by atoms with Gasteiger partial charge in [-0.1, -0.05) is 12.1 Å². The van der Waals surface area contributed by atoms with Crippen LogP contribution in [0.15, 0.2) is 47.6 Å². The van der Waals surface area contributed by atoms with Crippen molar-refractivity contribution in [2.45, 2.75) is 6.54 Å². The molecule has 0 atom stereocenters. The SMILES string of the molecule is CN=C(NC)NCc1ccc(Oc2cccc(OC)c2)nc1.I. The van der Waals surface area contributed by atoms with Crippen molar-refractivity contribution in [3.63, 3.8) is 0 Å². The molecule has 0 saturated carbocycles. The highest BCUT2D eigenvalue weighted by Gasteiger charge is 2.02. The Labute approximate surface area is 153 Å². The number of hydrogen-bond donors (Lipinski definition) is 2. The predicted octanol–water partition coefficient (Wildman–Crippen LogP) is 2.80. The van der Waals surface area contributed by atoms with Gasteiger partial charge in [-0.05, 0) is 17.7 Å². The Balaban J connectivity index is 0.00000264. The smallest absolute Gasteiger partial charge is 0.219 e. The molecule has 0 fully saturated rings. The first-order chi connectivity index (χ1) is 10.7. The number of rotatable bonds is 5. The van der Waals surface area contributed by atoms with E-state index >= 15 is 0 Å². The lowest BCUT2D eigenvalue weighted by Gasteiger charge is -2.09. The van der Waals surface area contributed by atoms with Gasteiger partial charge in [-0.15, -0.1) is 24.0 Å². The molecule has 1 aromatic heterocycles. The second kappa shape index (κ2) is 9.88. The number of aliphatic imine (C=N–C) groups is 1. The summed E-state index contributed by atoms with van der Waals surface area (Å²) in [4.78, 5) is 8.34. The highest BCUT2D eigenvalue weighted by molar-refractivity contribution is 14.0. The number of nitrogens with one attached hydrogen (secondary N) is 2. The third-order valence-corrected chi connectivity index (χ3v) is 2.98. The first kappa shape index (κ1) is 19.0. The number of guanidine groups is 1. The molecule has 0 unspecified atom stereocenters. The van der Waals surface area contributed by atoms with Crippen LogP contribution in [-0.4, -0.2) is 32.1 Å². The Morgan fingerprint density at radius 1 is 1.22 bits per heavy atom. The predicted molar refractivity (Wildman–Crippen MR) is 102 cm³/mol. The molecule has 7 heteroatoms. The van der Waals surface area contributed by atoms with E-state index in [1.165, 1.54) is 0 Å². The number of halogens is 1. The van der Waals surface area contributed by atoms with Gasteiger partial charge in [0.15, 0.2) is 5.96 Å². The third kappa shape index (κ3) is 5.93. The van der Waals surface area contributed by atoms with Crippen molar-refractivity contribution in [2.75, 3.05) is 21.2 Å². The molecule has 6 nitrogen and oxygen atoms in total. The highest BCUT2D eigenvalue weighted by atomic mass is 127. The maximum absolute atomic E-state index is 5.70. The van der Waals surface area contributed by atoms with Gasteiger partial charge in [0.1, 0.15) is 11.5 Å². The maximum Gasteiger partial charge on any atom is 0.219 e. The lowest BCUT2D eigenvalue weighted by atomic mass is 10.3. The monoisotopic (exact) mass is 428 g/mol. The summed E-state index contributed by atoms with van der Waals surface area (Å²) in [6.07, 6.45) is 1.77. The zero-order valence-corrected chi connectivity index (χ0v) is 15.7. The highest BCUT2D eigenvalue weighted by Crippen LogP contribution is 2.23. The van der Waals surface area contributed by atoms with Crippen LogP contribution in [0.2, 0.25) is 0 Å². The quantitative estimate of drug-likeness (QED) is 0.436. The molecule has 2 N–H and O–H groups in total. The normalized spacial score (nSPS) is 10.5. The van der Waals surface area contributed by atoms with E-state index in [1.807, 2.05) is 43.4 Å². The van der Waals surface area contributed by atoms with Gasteiger partial charge < -0.3 is 20.1 Å². The average Bonchev–Trinajstić information content (AvgIpc) is 2.57. The van der Waals surface area contributed by atoms with Crippen molar-refractivity contribution < 1.29 is 9.47 Å². The number of methoxy groups -OCH3 is 1. The number of nitrogens with zero attached hydrogens (tertiary/aromatic N) is 2. The Hall–Kier alpha value is -2.03. The molecule has 0 radical (unpaired) electrons. The minimum atomic E-state index is 0. The van der Waals surface area contributed by atoms with Crippen LogP contribution in [0.1, 0.15) is 5.56 Å². The van der Waals surface area contributed by atoms with Crippen LogP contribution in [0.4, 0.5) is 0 Å². The minimum Gasteiger partial charge on any atom is -0.497 e. The molecule has 0 amide bonds. The van der Waals surface area contributed by atoms with Crippen molar-refractivity contribution in [1.29, 1.82) is 0 Å². The lowest BCUT2D eigenvalue weighted by Crippen LogP contribution is -2.34. The molecule has 0 aliphatic carbocycles. The van der Waals surface area contributed by atoms with E-state index in [1.54, 1.807) is 20.4 Å². The maximum atomic E-state index is 5.70. The van der Waals surface area contributed by atoms with Crippen molar-refractivity contribution in [3.8, 4) is 17.4 Å². The number of pyridine rings is 1. The van der Waals surface area contributed by atoms with Gasteiger partial charge in [0, 0.05) is 39.0 Å². The molecule has 2 rings (SSSR count). The van der Waals surface area contributed by atoms with Crippen LogP contribution in [0.25, 0.3) is 0 Å². The summed E-state index contributed by atoms with van der Waals surface area (Å²) in [5, 5.41) is 6.12. The summed E-state index contributed by atoms with van der Waals surface area (Å²) in [7, 11) is 5.17. The molecule has 1 heterocycles. The molecule has 0 saturated heterocycles. The lowest BCUT2D eigenvalue weighted by molar-refractivity contribution is 0.407. The van der Waals surface area contributed by atoms with Gasteiger partial charge in [0.05, 0.1) is 7.11 Å². The summed E-state index contributed by atoms with van der Waals surface area (Å²) in [6, 6.07) is 11.2. The average molecular weight is 428 g/mol. The summed E-state index contributed by atoms with van der Waals surface area (Å²) >= 11 is 0. The summed E-state index contributed by atoms with van der Waals surface area (Å²) in [5.41, 5.74) is 1.04. The Morgan fingerprint density at radius 3 is 2.61 bits per heavy atom. The van der Waals surface area contributed by atoms with Gasteiger partial charge in [-0.3, -0.25) is 4.99 Å². The third-order valence-electron chi connectivity index (χ3n) is 2.98. The summed E-state index contributed by atoms with van der Waals surface area (Å²) < 4.78 is 10.9. The first-order valence-corrected chi connectivity index (χ1v) is 6.90. The molecule has 1 aromatic carbocycles. The van der Waals surface area contributed by atoms with Crippen LogP contribution < -0.4 is 20.1 Å². The van der Waals surface area contributed by atoms with E-state index in [9.17, 15) is 0 Å². The Kier molecular flexibility index (Phi) is 8.17. The number of benzene rings is 1. The first-order valence-electron chi connectivity index (χ1n) is 6.90. The molecule has 0 aliphatic heterocycles. The number of ether oxygens (including phenoxy) is 2. The molecular weight excluding hydrogens is 407 g/mol. The van der Waals surface area contributed by atoms with Crippen molar-refractivity contribution in [1.82, 2.24) is 15.6 Å². The fraction of sp³-hybridized carbons (Fsp3) is 0.250. The van der Waals surface area contributed by atoms with Crippen LogP contribution in [0.3, 0.4) is 0 Å². The van der Waals surface area contributed by atoms with E-state index in [0.717, 1.165) is 17.3 Å². The van der Waals surface area contributed by atoms with Gasteiger partial charge in [0.25, 0.3) is 0 Å². The molecule has 0 bridgehead atoms. The second-order valence-electron chi connectivity index (χ2n) is 4.46. The molecule has 0 aliphatic rings. The standard InChI is InChI=1S/C16H20N4O2.HI/c1-17-16(18-2)20-11-12-7-8-15(19-10-12)22-14-6-4-5-13(9-14)21-3;/h4-10H,11H2,1-3H3,(H2,17,18,20);1H. The molecule has 2 aromatic rings. The van der Waals surface area contributed by atoms with E-state index in [0.29, 0.717) is 18.2 Å². The van der Waals surface area contributed by atoms with E-state index in [4.69, 9.17) is 9.47 Å². The zero-order chi connectivity index (χ0) is 15.8. The number of hydrogen-bond acceptors (Lipinski definition) is 4. The fourth-order valence-electron chi connectivity index (χ4n) is 1.83. The van der Waals surface area contributed by atoms with Crippen molar-refractivity contribution >= 4 is 29.9 Å². The summed E-state index contributed by atoms with van der Waals surface area (Å²) in [6.45, 7) is 0.639. The molecule has 124 valence electrons. The molecule has 0 spiro atoms. The van der Waals surface area contributed by atoms with Crippen LogP contribution >= 0.6 is 24.0 Å². The number of aromatic nitrogens is 1. The van der Waals surface area contributed by atoms with Crippen LogP contribution in [0.5, 0.6) is 17.4 Å². The minimum absolute atomic E-state index is 0. The zero-order valence-electron chi connectivity index (χ0n) is 13.4. The molecule has 23 heavy (non-hydrogen) atoms. The van der Waals surface area contributed by atoms with E-state index < -0.39 is 0 Å². The fourth-order valence-corrected chi connectivity index (χ4v) is 1.83. The van der Waals surface area contributed by atoms with Gasteiger partial charge in [-0.2, -0.15) is 0 Å². The van der Waals surface area contributed by atoms with Crippen LogP contribution in [-0.2, 0) is 6.54 Å². The topological polar surface area (TPSA) is 67.8 Å². The summed E-state index contributed by atoms with van der Waals surface area (Å²) in [5.74, 6) is 2.71. The van der Waals surface area contributed by atoms with Crippen molar-refractivity contribution in [3.05, 3.63) is 48.2 Å². The Bertz CT molecular complexity index is 632. The Morgan fingerprint density at radius 2 is 2.00 bits per heavy atom. The second-order valence-corrected chi connectivity index (χ2v) is 4.46. The molecular formula is C16H21IN4O2. The van der Waals surface area contributed by atoms with Gasteiger partial charge >= 0.3 is 0 Å². The van der Waals surface area contributed by atoms with Crippen molar-refractivity contribution in [2.24, 2.45) is 4.99 Å². The van der Waals surface area contributed by atoms with E-state index in [-0.39, 0.29) is 24.0 Å². The van der Waals surface area contributed by atoms with Crippen LogP contribution in [0, 0.1) is 0 Å². The van der Waals surface area contributed by atoms with Gasteiger partial charge in [-0.25, -0.2) is 4.98 Å². The largest absolute Gasteiger partial charge is 0.497 e.